The summed E-state index contributed by atoms with van der Waals surface area (Å²) >= 11 is 7.38. The molecule has 1 aliphatic rings. The number of amides is 1. The fraction of sp³-hybridized carbons (Fsp3) is 0.444. The molecule has 9 heteroatoms. The molecule has 5 nitrogen and oxygen atoms in total. The summed E-state index contributed by atoms with van der Waals surface area (Å²) in [4.78, 5) is 19.1. The van der Waals surface area contributed by atoms with Gasteiger partial charge in [0.2, 0.25) is 5.91 Å². The second kappa shape index (κ2) is 11.7. The zero-order valence-electron chi connectivity index (χ0n) is 15.0. The average Bonchev–Trinajstić information content (AvgIpc) is 3.24. The predicted octanol–water partition coefficient (Wildman–Crippen LogP) is 3.97. The lowest BCUT2D eigenvalue weighted by molar-refractivity contribution is -0.131. The molecular weight excluding hydrogens is 429 g/mol. The highest BCUT2D eigenvalue weighted by atomic mass is 35.5. The Morgan fingerprint density at radius 1 is 1.37 bits per heavy atom. The van der Waals surface area contributed by atoms with Gasteiger partial charge in [0.05, 0.1) is 12.1 Å². The number of likely N-dealkylation sites (N-methyl/N-ethyl adjacent to an activating group) is 1. The quantitative estimate of drug-likeness (QED) is 0.690. The fourth-order valence-corrected chi connectivity index (χ4v) is 3.87. The summed E-state index contributed by atoms with van der Waals surface area (Å²) < 4.78 is 5.70. The molecule has 0 spiro atoms. The van der Waals surface area contributed by atoms with Crippen LogP contribution in [0.4, 0.5) is 0 Å². The Hall–Kier alpha value is -1.05. The number of benzene rings is 1. The van der Waals surface area contributed by atoms with Crippen molar-refractivity contribution in [2.24, 2.45) is 0 Å². The van der Waals surface area contributed by atoms with E-state index in [9.17, 15) is 4.79 Å². The number of nitrogens with one attached hydrogen (secondary N) is 1. The van der Waals surface area contributed by atoms with Crippen LogP contribution in [0.5, 0.6) is 5.75 Å². The van der Waals surface area contributed by atoms with E-state index in [0.29, 0.717) is 24.1 Å². The van der Waals surface area contributed by atoms with Crippen LogP contribution in [-0.2, 0) is 17.8 Å². The molecule has 2 heterocycles. The minimum Gasteiger partial charge on any atom is -0.486 e. The average molecular weight is 453 g/mol. The van der Waals surface area contributed by atoms with Crippen LogP contribution in [0.3, 0.4) is 0 Å². The third-order valence-corrected chi connectivity index (χ3v) is 5.37. The van der Waals surface area contributed by atoms with Gasteiger partial charge in [0.1, 0.15) is 17.4 Å². The summed E-state index contributed by atoms with van der Waals surface area (Å²) in [5.41, 5.74) is 0.819. The van der Waals surface area contributed by atoms with E-state index in [1.807, 2.05) is 29.5 Å². The van der Waals surface area contributed by atoms with Gasteiger partial charge in [0.15, 0.2) is 0 Å². The molecule has 1 amide bonds. The summed E-state index contributed by atoms with van der Waals surface area (Å²) in [6.07, 6.45) is 2.51. The van der Waals surface area contributed by atoms with Gasteiger partial charge < -0.3 is 15.0 Å². The van der Waals surface area contributed by atoms with E-state index in [0.717, 1.165) is 42.4 Å². The van der Waals surface area contributed by atoms with E-state index in [2.05, 4.69) is 10.3 Å². The van der Waals surface area contributed by atoms with Crippen molar-refractivity contribution >= 4 is 53.7 Å². The van der Waals surface area contributed by atoms with E-state index < -0.39 is 0 Å². The van der Waals surface area contributed by atoms with Gasteiger partial charge in [0.25, 0.3) is 0 Å². The van der Waals surface area contributed by atoms with Crippen LogP contribution in [0.1, 0.15) is 23.5 Å². The van der Waals surface area contributed by atoms with Crippen molar-refractivity contribution in [2.75, 3.05) is 20.1 Å². The Labute approximate surface area is 181 Å². The van der Waals surface area contributed by atoms with Crippen LogP contribution in [0.2, 0.25) is 5.02 Å². The highest BCUT2D eigenvalue weighted by Crippen LogP contribution is 2.20. The van der Waals surface area contributed by atoms with Crippen LogP contribution in [-0.4, -0.2) is 42.0 Å². The number of aromatic nitrogens is 1. The number of hydrogen-bond acceptors (Lipinski definition) is 5. The first-order chi connectivity index (χ1) is 12.2. The van der Waals surface area contributed by atoms with Crippen molar-refractivity contribution < 1.29 is 9.53 Å². The minimum absolute atomic E-state index is 0. The van der Waals surface area contributed by atoms with Crippen LogP contribution in [0.15, 0.2) is 29.6 Å². The summed E-state index contributed by atoms with van der Waals surface area (Å²) in [5, 5.41) is 6.66. The molecule has 0 saturated carbocycles. The van der Waals surface area contributed by atoms with E-state index in [-0.39, 0.29) is 30.7 Å². The number of nitrogens with zero attached hydrogens (tertiary/aromatic N) is 2. The Morgan fingerprint density at radius 3 is 2.81 bits per heavy atom. The topological polar surface area (TPSA) is 54.5 Å². The lowest BCUT2D eigenvalue weighted by Crippen LogP contribution is -2.41. The zero-order chi connectivity index (χ0) is 17.6. The fourth-order valence-electron chi connectivity index (χ4n) is 3.04. The van der Waals surface area contributed by atoms with Crippen LogP contribution >= 0.6 is 47.8 Å². The Balaban J connectivity index is 0.00000182. The van der Waals surface area contributed by atoms with Crippen molar-refractivity contribution in [1.82, 2.24) is 15.2 Å². The van der Waals surface area contributed by atoms with Crippen molar-refractivity contribution in [3.05, 3.63) is 45.4 Å². The molecule has 1 fully saturated rings. The number of thiazole rings is 1. The van der Waals surface area contributed by atoms with E-state index in [4.69, 9.17) is 16.3 Å². The van der Waals surface area contributed by atoms with Crippen LogP contribution in [0, 0.1) is 0 Å². The smallest absolute Gasteiger partial charge is 0.228 e. The third kappa shape index (κ3) is 6.80. The number of halogens is 3. The number of rotatable bonds is 7. The lowest BCUT2D eigenvalue weighted by atomic mass is 10.2. The van der Waals surface area contributed by atoms with Gasteiger partial charge in [-0.05, 0) is 44.2 Å². The number of carbonyl (C=O) groups is 1. The molecule has 1 saturated heterocycles. The predicted molar refractivity (Wildman–Crippen MR) is 115 cm³/mol. The molecule has 1 atom stereocenters. The van der Waals surface area contributed by atoms with Gasteiger partial charge in [-0.15, -0.1) is 36.2 Å². The number of carbonyl (C=O) groups excluding carboxylic acids is 1. The SMILES string of the molecule is CNCC1CCCN1C(=O)Cc1csc(COc2ccc(Cl)cc2)n1.Cl.Cl. The van der Waals surface area contributed by atoms with Gasteiger partial charge in [-0.2, -0.15) is 0 Å². The molecule has 3 rings (SSSR count). The first-order valence-corrected chi connectivity index (χ1v) is 9.67. The molecule has 150 valence electrons. The summed E-state index contributed by atoms with van der Waals surface area (Å²) in [6.45, 7) is 2.09. The molecular formula is C18H24Cl3N3O2S. The zero-order valence-corrected chi connectivity index (χ0v) is 18.2. The van der Waals surface area contributed by atoms with Gasteiger partial charge in [0, 0.05) is 29.5 Å². The van der Waals surface area contributed by atoms with Gasteiger partial charge in [-0.1, -0.05) is 11.6 Å². The molecule has 1 unspecified atom stereocenters. The standard InChI is InChI=1S/C18H22ClN3O2S.2ClH/c1-20-10-15-3-2-8-22(15)18(23)9-14-12-25-17(21-14)11-24-16-6-4-13(19)5-7-16;;/h4-7,12,15,20H,2-3,8-11H2,1H3;2*1H. The first-order valence-electron chi connectivity index (χ1n) is 8.41. The van der Waals surface area contributed by atoms with Crippen molar-refractivity contribution in [1.29, 1.82) is 0 Å². The third-order valence-electron chi connectivity index (χ3n) is 4.24. The molecule has 1 aliphatic heterocycles. The molecule has 1 aromatic carbocycles. The Morgan fingerprint density at radius 2 is 2.11 bits per heavy atom. The van der Waals surface area contributed by atoms with E-state index in [1.54, 1.807) is 12.1 Å². The summed E-state index contributed by atoms with van der Waals surface area (Å²) in [6, 6.07) is 7.55. The largest absolute Gasteiger partial charge is 0.486 e. The summed E-state index contributed by atoms with van der Waals surface area (Å²) in [7, 11) is 1.92. The normalized spacial score (nSPS) is 15.8. The van der Waals surface area contributed by atoms with Crippen molar-refractivity contribution in [2.45, 2.75) is 31.9 Å². The van der Waals surface area contributed by atoms with Gasteiger partial charge >= 0.3 is 0 Å². The molecule has 0 bridgehead atoms. The summed E-state index contributed by atoms with van der Waals surface area (Å²) in [5.74, 6) is 0.914. The second-order valence-corrected chi connectivity index (χ2v) is 7.47. The number of likely N-dealkylation sites (tertiary alicyclic amines) is 1. The minimum atomic E-state index is 0. The van der Waals surface area contributed by atoms with Crippen LogP contribution < -0.4 is 10.1 Å². The number of ether oxygens (including phenoxy) is 1. The van der Waals surface area contributed by atoms with E-state index in [1.165, 1.54) is 11.3 Å². The first kappa shape index (κ1) is 24.0. The molecule has 2 aromatic rings. The highest BCUT2D eigenvalue weighted by Gasteiger charge is 2.28. The highest BCUT2D eigenvalue weighted by molar-refractivity contribution is 7.09. The molecule has 0 aliphatic carbocycles. The lowest BCUT2D eigenvalue weighted by Gasteiger charge is -2.24. The molecule has 0 radical (unpaired) electrons. The monoisotopic (exact) mass is 451 g/mol. The molecule has 1 aromatic heterocycles. The van der Waals surface area contributed by atoms with Crippen molar-refractivity contribution in [3.8, 4) is 5.75 Å². The Kier molecular flexibility index (Phi) is 10.4. The Bertz CT molecular complexity index is 712. The van der Waals surface area contributed by atoms with Gasteiger partial charge in [-0.3, -0.25) is 4.79 Å². The van der Waals surface area contributed by atoms with Crippen molar-refractivity contribution in [3.63, 3.8) is 0 Å². The maximum absolute atomic E-state index is 12.5. The maximum atomic E-state index is 12.5. The second-order valence-electron chi connectivity index (χ2n) is 6.09. The molecule has 27 heavy (non-hydrogen) atoms. The van der Waals surface area contributed by atoms with Gasteiger partial charge in [-0.25, -0.2) is 4.98 Å². The van der Waals surface area contributed by atoms with Crippen LogP contribution in [0.25, 0.3) is 0 Å². The van der Waals surface area contributed by atoms with E-state index >= 15 is 0 Å². The number of hydrogen-bond donors (Lipinski definition) is 1. The molecule has 1 N–H and O–H groups in total. The maximum Gasteiger partial charge on any atom is 0.228 e.